The number of aromatic nitrogens is 4. The van der Waals surface area contributed by atoms with Gasteiger partial charge in [0, 0.05) is 7.05 Å². The molecule has 2 aromatic rings. The average molecular weight is 234 g/mol. The third-order valence-electron chi connectivity index (χ3n) is 1.91. The number of ether oxygens (including phenoxy) is 1. The van der Waals surface area contributed by atoms with Gasteiger partial charge in [-0.25, -0.2) is 4.98 Å². The Morgan fingerprint density at radius 3 is 2.82 bits per heavy atom. The number of hydrogen-bond donors (Lipinski definition) is 2. The van der Waals surface area contributed by atoms with Crippen LogP contribution in [0.1, 0.15) is 10.5 Å². The van der Waals surface area contributed by atoms with Crippen molar-refractivity contribution in [2.75, 3.05) is 5.73 Å². The topological polar surface area (TPSA) is 122 Å². The molecular formula is C9H10N6O2. The van der Waals surface area contributed by atoms with E-state index in [1.807, 2.05) is 0 Å². The van der Waals surface area contributed by atoms with E-state index in [0.717, 1.165) is 0 Å². The van der Waals surface area contributed by atoms with Crippen molar-refractivity contribution in [3.63, 3.8) is 0 Å². The van der Waals surface area contributed by atoms with Gasteiger partial charge in [0.25, 0.3) is 5.91 Å². The van der Waals surface area contributed by atoms with Crippen molar-refractivity contribution in [2.24, 2.45) is 12.8 Å². The molecule has 0 radical (unpaired) electrons. The number of rotatable bonds is 3. The lowest BCUT2D eigenvalue weighted by Crippen LogP contribution is -2.13. The van der Waals surface area contributed by atoms with Gasteiger partial charge in [-0.15, -0.1) is 5.10 Å². The zero-order valence-corrected chi connectivity index (χ0v) is 8.99. The molecule has 0 aliphatic carbocycles. The summed E-state index contributed by atoms with van der Waals surface area (Å²) in [6, 6.07) is 2.98. The van der Waals surface area contributed by atoms with Crippen LogP contribution in [0.5, 0.6) is 11.9 Å². The predicted molar refractivity (Wildman–Crippen MR) is 58.2 cm³/mol. The quantitative estimate of drug-likeness (QED) is 0.750. The summed E-state index contributed by atoms with van der Waals surface area (Å²) in [5, 5.41) is 3.89. The number of carbonyl (C=O) groups excluding carboxylic acids is 1. The highest BCUT2D eigenvalue weighted by Gasteiger charge is 2.11. The number of primary amides is 1. The van der Waals surface area contributed by atoms with E-state index in [1.165, 1.54) is 23.1 Å². The number of anilines is 1. The SMILES string of the molecule is Cn1cnc(Oc2nc(C(N)=O)ccc2N)n1. The van der Waals surface area contributed by atoms with Gasteiger partial charge in [0.2, 0.25) is 5.88 Å². The Morgan fingerprint density at radius 1 is 1.47 bits per heavy atom. The van der Waals surface area contributed by atoms with Crippen LogP contribution in [0.3, 0.4) is 0 Å². The van der Waals surface area contributed by atoms with Crippen LogP contribution in [0.2, 0.25) is 0 Å². The number of carbonyl (C=O) groups is 1. The Morgan fingerprint density at radius 2 is 2.24 bits per heavy atom. The summed E-state index contributed by atoms with van der Waals surface area (Å²) in [6.07, 6.45) is 1.46. The van der Waals surface area contributed by atoms with Crippen LogP contribution < -0.4 is 16.2 Å². The molecule has 0 saturated carbocycles. The molecule has 2 rings (SSSR count). The predicted octanol–water partition coefficient (Wildman–Crippen LogP) is -0.317. The summed E-state index contributed by atoms with van der Waals surface area (Å²) in [5.74, 6) is -0.615. The third kappa shape index (κ3) is 2.30. The molecule has 0 aliphatic heterocycles. The van der Waals surface area contributed by atoms with Crippen LogP contribution in [0.15, 0.2) is 18.5 Å². The van der Waals surface area contributed by atoms with Gasteiger partial charge >= 0.3 is 6.01 Å². The molecule has 4 N–H and O–H groups in total. The lowest BCUT2D eigenvalue weighted by molar-refractivity contribution is 0.0995. The fraction of sp³-hybridized carbons (Fsp3) is 0.111. The Labute approximate surface area is 96.2 Å². The van der Waals surface area contributed by atoms with Crippen molar-refractivity contribution in [2.45, 2.75) is 0 Å². The minimum absolute atomic E-state index is 0.0486. The molecule has 0 atom stereocenters. The fourth-order valence-corrected chi connectivity index (χ4v) is 1.12. The summed E-state index contributed by atoms with van der Waals surface area (Å²) in [6.45, 7) is 0. The van der Waals surface area contributed by atoms with E-state index < -0.39 is 5.91 Å². The second-order valence-corrected chi connectivity index (χ2v) is 3.26. The summed E-state index contributed by atoms with van der Waals surface area (Å²) >= 11 is 0. The molecule has 0 saturated heterocycles. The molecule has 8 nitrogen and oxygen atoms in total. The smallest absolute Gasteiger partial charge is 0.342 e. The van der Waals surface area contributed by atoms with Gasteiger partial charge in [-0.3, -0.25) is 9.48 Å². The first kappa shape index (κ1) is 10.9. The van der Waals surface area contributed by atoms with Crippen LogP contribution in [0.4, 0.5) is 5.69 Å². The normalized spacial score (nSPS) is 10.2. The van der Waals surface area contributed by atoms with Crippen molar-refractivity contribution >= 4 is 11.6 Å². The Kier molecular flexibility index (Phi) is 2.61. The minimum Gasteiger partial charge on any atom is -0.402 e. The second-order valence-electron chi connectivity index (χ2n) is 3.26. The third-order valence-corrected chi connectivity index (χ3v) is 1.91. The van der Waals surface area contributed by atoms with E-state index in [1.54, 1.807) is 7.05 Å². The number of nitrogens with zero attached hydrogens (tertiary/aromatic N) is 4. The number of nitrogen functional groups attached to an aromatic ring is 1. The molecular weight excluding hydrogens is 224 g/mol. The minimum atomic E-state index is -0.663. The highest BCUT2D eigenvalue weighted by Crippen LogP contribution is 2.22. The summed E-state index contributed by atoms with van der Waals surface area (Å²) in [7, 11) is 1.69. The van der Waals surface area contributed by atoms with E-state index in [9.17, 15) is 4.79 Å². The van der Waals surface area contributed by atoms with E-state index in [-0.39, 0.29) is 23.3 Å². The lowest BCUT2D eigenvalue weighted by Gasteiger charge is -2.04. The summed E-state index contributed by atoms with van der Waals surface area (Å²) in [4.78, 5) is 18.7. The maximum atomic E-state index is 10.9. The summed E-state index contributed by atoms with van der Waals surface area (Å²) in [5.41, 5.74) is 11.1. The van der Waals surface area contributed by atoms with E-state index >= 15 is 0 Å². The molecule has 0 aromatic carbocycles. The Hall–Kier alpha value is -2.64. The molecule has 1 amide bonds. The standard InChI is InChI=1S/C9H10N6O2/c1-15-4-12-9(14-15)17-8-5(10)2-3-6(13-8)7(11)16/h2-4H,10H2,1H3,(H2,11,16). The number of hydrogen-bond acceptors (Lipinski definition) is 6. The molecule has 0 unspecified atom stereocenters. The van der Waals surface area contributed by atoms with Crippen molar-refractivity contribution in [3.05, 3.63) is 24.2 Å². The number of pyridine rings is 1. The van der Waals surface area contributed by atoms with Crippen LogP contribution in [0.25, 0.3) is 0 Å². The highest BCUT2D eigenvalue weighted by molar-refractivity contribution is 5.91. The molecule has 8 heteroatoms. The van der Waals surface area contributed by atoms with Gasteiger partial charge in [-0.2, -0.15) is 4.98 Å². The Balaban J connectivity index is 2.31. The monoisotopic (exact) mass is 234 g/mol. The summed E-state index contributed by atoms with van der Waals surface area (Å²) < 4.78 is 6.70. The van der Waals surface area contributed by atoms with Crippen molar-refractivity contribution in [3.8, 4) is 11.9 Å². The van der Waals surface area contributed by atoms with Crippen molar-refractivity contribution in [1.82, 2.24) is 19.7 Å². The first-order chi connectivity index (χ1) is 8.06. The van der Waals surface area contributed by atoms with Crippen LogP contribution in [-0.4, -0.2) is 25.7 Å². The second kappa shape index (κ2) is 4.08. The van der Waals surface area contributed by atoms with Gasteiger partial charge in [0.1, 0.15) is 12.0 Å². The average Bonchev–Trinajstić information content (AvgIpc) is 2.67. The Bertz CT molecular complexity index is 564. The maximum Gasteiger partial charge on any atom is 0.342 e. The van der Waals surface area contributed by atoms with E-state index in [0.29, 0.717) is 0 Å². The number of aryl methyl sites for hydroxylation is 1. The molecule has 0 aliphatic rings. The molecule has 2 heterocycles. The van der Waals surface area contributed by atoms with Crippen molar-refractivity contribution in [1.29, 1.82) is 0 Å². The van der Waals surface area contributed by atoms with Gasteiger partial charge in [0.15, 0.2) is 0 Å². The van der Waals surface area contributed by atoms with Crippen molar-refractivity contribution < 1.29 is 9.53 Å². The fourth-order valence-electron chi connectivity index (χ4n) is 1.12. The molecule has 17 heavy (non-hydrogen) atoms. The van der Waals surface area contributed by atoms with Crippen LogP contribution in [-0.2, 0) is 7.05 Å². The van der Waals surface area contributed by atoms with Crippen LogP contribution >= 0.6 is 0 Å². The van der Waals surface area contributed by atoms with Gasteiger partial charge in [-0.1, -0.05) is 0 Å². The van der Waals surface area contributed by atoms with Gasteiger partial charge in [0.05, 0.1) is 5.69 Å². The largest absolute Gasteiger partial charge is 0.402 e. The zero-order chi connectivity index (χ0) is 12.4. The van der Waals surface area contributed by atoms with Crippen LogP contribution in [0, 0.1) is 0 Å². The van der Waals surface area contributed by atoms with Gasteiger partial charge < -0.3 is 16.2 Å². The molecule has 2 aromatic heterocycles. The molecule has 0 spiro atoms. The first-order valence-electron chi connectivity index (χ1n) is 4.66. The first-order valence-corrected chi connectivity index (χ1v) is 4.66. The molecule has 88 valence electrons. The zero-order valence-electron chi connectivity index (χ0n) is 8.99. The molecule has 0 bridgehead atoms. The van der Waals surface area contributed by atoms with Gasteiger partial charge in [-0.05, 0) is 12.1 Å². The number of nitrogens with two attached hydrogens (primary N) is 2. The lowest BCUT2D eigenvalue weighted by atomic mass is 10.3. The highest BCUT2D eigenvalue weighted by atomic mass is 16.5. The van der Waals surface area contributed by atoms with E-state index in [4.69, 9.17) is 16.2 Å². The molecule has 0 fully saturated rings. The van der Waals surface area contributed by atoms with E-state index in [2.05, 4.69) is 15.1 Å². The maximum absolute atomic E-state index is 10.9. The number of amides is 1.